The lowest BCUT2D eigenvalue weighted by Gasteiger charge is -2.17. The molecule has 32 heavy (non-hydrogen) atoms. The third-order valence-electron chi connectivity index (χ3n) is 6.15. The molecule has 0 saturated carbocycles. The number of amides is 1. The van der Waals surface area contributed by atoms with Crippen LogP contribution in [0.3, 0.4) is 0 Å². The Hall–Kier alpha value is -0.650. The highest BCUT2D eigenvalue weighted by molar-refractivity contribution is 5.76. The average molecular weight is 458 g/mol. The van der Waals surface area contributed by atoms with Gasteiger partial charge in [0.15, 0.2) is 0 Å². The summed E-state index contributed by atoms with van der Waals surface area (Å²) in [4.78, 5) is 12.1. The van der Waals surface area contributed by atoms with Crippen LogP contribution in [-0.4, -0.2) is 48.1 Å². The first-order valence-corrected chi connectivity index (χ1v) is 13.8. The van der Waals surface area contributed by atoms with Crippen LogP contribution in [0, 0.1) is 0 Å². The fourth-order valence-electron chi connectivity index (χ4n) is 3.96. The molecule has 3 N–H and O–H groups in total. The number of nitrogens with one attached hydrogen (secondary N) is 1. The summed E-state index contributed by atoms with van der Waals surface area (Å²) in [5, 5.41) is 22.4. The molecule has 2 atom stereocenters. The molecule has 0 saturated heterocycles. The Labute approximate surface area is 199 Å². The Balaban J connectivity index is 3.56. The Kier molecular flexibility index (Phi) is 24.5. The van der Waals surface area contributed by atoms with E-state index in [2.05, 4.69) is 19.2 Å². The molecule has 0 fully saturated rings. The second-order valence-electron chi connectivity index (χ2n) is 9.45. The highest BCUT2D eigenvalue weighted by Crippen LogP contribution is 2.12. The number of ether oxygens (including phenoxy) is 1. The van der Waals surface area contributed by atoms with Gasteiger partial charge in [-0.05, 0) is 19.3 Å². The molecule has 0 aliphatic rings. The summed E-state index contributed by atoms with van der Waals surface area (Å²) in [5.41, 5.74) is 0. The zero-order chi connectivity index (χ0) is 23.7. The van der Waals surface area contributed by atoms with E-state index in [0.29, 0.717) is 26.1 Å². The zero-order valence-electron chi connectivity index (χ0n) is 21.4. The van der Waals surface area contributed by atoms with Crippen molar-refractivity contribution in [1.29, 1.82) is 0 Å². The van der Waals surface area contributed by atoms with E-state index in [-0.39, 0.29) is 24.7 Å². The van der Waals surface area contributed by atoms with Crippen molar-refractivity contribution in [2.45, 2.75) is 148 Å². The average Bonchev–Trinajstić information content (AvgIpc) is 2.79. The monoisotopic (exact) mass is 457 g/mol. The van der Waals surface area contributed by atoms with E-state index in [1.54, 1.807) is 0 Å². The van der Waals surface area contributed by atoms with Crippen molar-refractivity contribution >= 4 is 5.91 Å². The van der Waals surface area contributed by atoms with Gasteiger partial charge in [-0.15, -0.1) is 0 Å². The van der Waals surface area contributed by atoms with Crippen LogP contribution in [0.2, 0.25) is 0 Å². The minimum atomic E-state index is -0.360. The molecular formula is C27H55NO4. The first kappa shape index (κ1) is 31.4. The van der Waals surface area contributed by atoms with Crippen LogP contribution >= 0.6 is 0 Å². The first-order valence-electron chi connectivity index (χ1n) is 13.8. The van der Waals surface area contributed by atoms with E-state index in [4.69, 9.17) is 4.74 Å². The van der Waals surface area contributed by atoms with Crippen LogP contribution < -0.4 is 5.32 Å². The van der Waals surface area contributed by atoms with Gasteiger partial charge in [0.2, 0.25) is 5.91 Å². The number of rotatable bonds is 25. The molecule has 192 valence electrons. The second-order valence-corrected chi connectivity index (χ2v) is 9.45. The summed E-state index contributed by atoms with van der Waals surface area (Å²) in [6, 6.07) is -0.360. The van der Waals surface area contributed by atoms with Gasteiger partial charge in [0.25, 0.3) is 0 Å². The van der Waals surface area contributed by atoms with Gasteiger partial charge in [0.05, 0.1) is 25.4 Å². The molecule has 0 bridgehead atoms. The molecule has 0 rings (SSSR count). The van der Waals surface area contributed by atoms with Gasteiger partial charge in [-0.3, -0.25) is 4.79 Å². The molecule has 1 amide bonds. The smallest absolute Gasteiger partial charge is 0.220 e. The van der Waals surface area contributed by atoms with Gasteiger partial charge in [0.1, 0.15) is 0 Å². The molecule has 0 aliphatic heterocycles. The number of aliphatic hydroxyl groups is 2. The third kappa shape index (κ3) is 22.5. The number of aliphatic hydroxyl groups excluding tert-OH is 2. The molecule has 0 unspecified atom stereocenters. The number of hydrogen-bond acceptors (Lipinski definition) is 4. The van der Waals surface area contributed by atoms with E-state index >= 15 is 0 Å². The predicted molar refractivity (Wildman–Crippen MR) is 135 cm³/mol. The van der Waals surface area contributed by atoms with Crippen molar-refractivity contribution in [3.05, 3.63) is 0 Å². The van der Waals surface area contributed by atoms with Gasteiger partial charge >= 0.3 is 0 Å². The normalized spacial score (nSPS) is 13.2. The molecule has 0 heterocycles. The number of hydrogen-bond donors (Lipinski definition) is 3. The van der Waals surface area contributed by atoms with Crippen LogP contribution in [0.1, 0.15) is 136 Å². The third-order valence-corrected chi connectivity index (χ3v) is 6.15. The molecular weight excluding hydrogens is 402 g/mol. The molecule has 0 aromatic heterocycles. The number of carbonyl (C=O) groups is 1. The summed E-state index contributed by atoms with van der Waals surface area (Å²) in [5.74, 6) is -0.00399. The predicted octanol–water partition coefficient (Wildman–Crippen LogP) is 6.29. The highest BCUT2D eigenvalue weighted by Gasteiger charge is 2.12. The second kappa shape index (κ2) is 25.0. The van der Waals surface area contributed by atoms with E-state index in [0.717, 1.165) is 25.7 Å². The largest absolute Gasteiger partial charge is 0.394 e. The Bertz CT molecular complexity index is 392. The van der Waals surface area contributed by atoms with Crippen LogP contribution in [0.25, 0.3) is 0 Å². The maximum Gasteiger partial charge on any atom is 0.220 e. The lowest BCUT2D eigenvalue weighted by Crippen LogP contribution is -2.40. The van der Waals surface area contributed by atoms with Crippen LogP contribution in [0.5, 0.6) is 0 Å². The van der Waals surface area contributed by atoms with Crippen molar-refractivity contribution < 1.29 is 19.7 Å². The van der Waals surface area contributed by atoms with Crippen LogP contribution in [0.15, 0.2) is 0 Å². The van der Waals surface area contributed by atoms with Gasteiger partial charge in [-0.25, -0.2) is 0 Å². The van der Waals surface area contributed by atoms with Gasteiger partial charge < -0.3 is 20.3 Å². The highest BCUT2D eigenvalue weighted by atomic mass is 16.5. The van der Waals surface area contributed by atoms with Crippen LogP contribution in [-0.2, 0) is 9.53 Å². The maximum absolute atomic E-state index is 12.1. The fraction of sp³-hybridized carbons (Fsp3) is 0.963. The molecule has 0 aliphatic carbocycles. The molecule has 0 aromatic rings. The molecule has 0 spiro atoms. The number of unbranched alkanes of at least 4 members (excludes halogenated alkanes) is 14. The lowest BCUT2D eigenvalue weighted by molar-refractivity contribution is -0.122. The lowest BCUT2D eigenvalue weighted by atomic mass is 10.1. The Morgan fingerprint density at radius 1 is 0.750 bits per heavy atom. The first-order chi connectivity index (χ1) is 15.6. The quantitative estimate of drug-likeness (QED) is 0.141. The van der Waals surface area contributed by atoms with Crippen molar-refractivity contribution in [1.82, 2.24) is 5.32 Å². The standard InChI is InChI=1S/C27H55NO4/c1-3-5-7-9-10-11-12-13-14-16-18-20-27(31)28-25(23-29)24-32-22-21-26(30)19-17-15-8-6-4-2/h25-26,29-30H,3-24H2,1-2H3,(H,28,31)/t25-,26+/m0/s1. The van der Waals surface area contributed by atoms with Crippen molar-refractivity contribution in [2.75, 3.05) is 19.8 Å². The SMILES string of the molecule is CCCCCCCCCCCCCC(=O)N[C@@H](CO)COCC[C@H](O)CCCCCCC. The molecule has 0 aromatic carbocycles. The molecule has 0 radical (unpaired) electrons. The summed E-state index contributed by atoms with van der Waals surface area (Å²) < 4.78 is 5.58. The summed E-state index contributed by atoms with van der Waals surface area (Å²) >= 11 is 0. The molecule has 5 heteroatoms. The Morgan fingerprint density at radius 3 is 1.78 bits per heavy atom. The summed E-state index contributed by atoms with van der Waals surface area (Å²) in [7, 11) is 0. The van der Waals surface area contributed by atoms with Crippen molar-refractivity contribution in [2.24, 2.45) is 0 Å². The Morgan fingerprint density at radius 2 is 1.25 bits per heavy atom. The van der Waals surface area contributed by atoms with Crippen molar-refractivity contribution in [3.63, 3.8) is 0 Å². The van der Waals surface area contributed by atoms with E-state index in [1.165, 1.54) is 83.5 Å². The molecule has 5 nitrogen and oxygen atoms in total. The zero-order valence-corrected chi connectivity index (χ0v) is 21.4. The van der Waals surface area contributed by atoms with Gasteiger partial charge in [0, 0.05) is 13.0 Å². The minimum absolute atomic E-state index is 0.00399. The van der Waals surface area contributed by atoms with Gasteiger partial charge in [-0.2, -0.15) is 0 Å². The summed E-state index contributed by atoms with van der Waals surface area (Å²) in [6.45, 7) is 5.09. The van der Waals surface area contributed by atoms with Gasteiger partial charge in [-0.1, -0.05) is 110 Å². The van der Waals surface area contributed by atoms with Crippen LogP contribution in [0.4, 0.5) is 0 Å². The fourth-order valence-corrected chi connectivity index (χ4v) is 3.96. The van der Waals surface area contributed by atoms with E-state index < -0.39 is 0 Å². The van der Waals surface area contributed by atoms with E-state index in [1.807, 2.05) is 0 Å². The van der Waals surface area contributed by atoms with Crippen molar-refractivity contribution in [3.8, 4) is 0 Å². The minimum Gasteiger partial charge on any atom is -0.394 e. The maximum atomic E-state index is 12.1. The summed E-state index contributed by atoms with van der Waals surface area (Å²) in [6.07, 6.45) is 21.6. The topological polar surface area (TPSA) is 78.8 Å². The number of carbonyl (C=O) groups excluding carboxylic acids is 1. The van der Waals surface area contributed by atoms with E-state index in [9.17, 15) is 15.0 Å².